The lowest BCUT2D eigenvalue weighted by molar-refractivity contribution is -0.285. The van der Waals surface area contributed by atoms with Crippen LogP contribution in [-0.4, -0.2) is 16.1 Å². The van der Waals surface area contributed by atoms with Gasteiger partial charge in [0, 0.05) is 12.0 Å². The largest absolute Gasteiger partial charge is 0.481 e. The van der Waals surface area contributed by atoms with Crippen LogP contribution in [-0.2, 0) is 11.2 Å². The van der Waals surface area contributed by atoms with Crippen molar-refractivity contribution >= 4 is 5.97 Å². The zero-order chi connectivity index (χ0) is 17.7. The van der Waals surface area contributed by atoms with Crippen LogP contribution >= 0.6 is 0 Å². The van der Waals surface area contributed by atoms with Gasteiger partial charge in [-0.1, -0.05) is 0 Å². The topological polar surface area (TPSA) is 63.3 Å². The summed E-state index contributed by atoms with van der Waals surface area (Å²) < 4.78 is 18.7. The van der Waals surface area contributed by atoms with E-state index in [1.807, 2.05) is 0 Å². The Morgan fingerprint density at radius 2 is 2.00 bits per heavy atom. The van der Waals surface area contributed by atoms with Crippen LogP contribution in [0, 0.1) is 40.3 Å². The number of carbonyl (C=O) groups is 1. The molecule has 1 spiro atoms. The van der Waals surface area contributed by atoms with Crippen molar-refractivity contribution in [2.24, 2.45) is 34.5 Å². The molecule has 1 N–H and O–H groups in total. The first kappa shape index (κ1) is 14.9. The third-order valence-electron chi connectivity index (χ3n) is 8.17. The van der Waals surface area contributed by atoms with E-state index in [2.05, 4.69) is 4.98 Å². The fourth-order valence-electron chi connectivity index (χ4n) is 7.42. The minimum absolute atomic E-state index is 0.305. The molecule has 1 aromatic carbocycles. The van der Waals surface area contributed by atoms with Gasteiger partial charge in [0.25, 0.3) is 0 Å². The molecule has 4 nitrogen and oxygen atoms in total. The molecule has 2 bridgehead atoms. The van der Waals surface area contributed by atoms with E-state index in [-0.39, 0.29) is 5.82 Å². The van der Waals surface area contributed by atoms with Crippen LogP contribution in [0.3, 0.4) is 0 Å². The summed E-state index contributed by atoms with van der Waals surface area (Å²) in [5.41, 5.74) is 1.08. The molecule has 4 aliphatic carbocycles. The lowest BCUT2D eigenvalue weighted by Crippen LogP contribution is -2.75. The Kier molecular flexibility index (Phi) is 2.62. The van der Waals surface area contributed by atoms with Gasteiger partial charge in [-0.2, -0.15) is 0 Å². The van der Waals surface area contributed by atoms with E-state index in [0.717, 1.165) is 24.7 Å². The molecule has 0 amide bonds. The number of nitrogens with zero attached hydrogens (tertiary/aromatic N) is 1. The summed E-state index contributed by atoms with van der Waals surface area (Å²) in [5.74, 6) is 1.59. The number of benzene rings is 1. The first-order valence-electron chi connectivity index (χ1n) is 9.48. The van der Waals surface area contributed by atoms with E-state index in [4.69, 9.17) is 4.42 Å². The highest BCUT2D eigenvalue weighted by molar-refractivity contribution is 5.79. The fraction of sp³-hybridized carbons (Fsp3) is 0.524. The second kappa shape index (κ2) is 4.56. The molecule has 6 rings (SSSR count). The molecule has 0 aliphatic heterocycles. The first-order valence-corrected chi connectivity index (χ1v) is 9.48. The van der Waals surface area contributed by atoms with Crippen molar-refractivity contribution in [3.05, 3.63) is 42.0 Å². The standard InChI is InChI=1S/C21H20FNO3/c22-14-3-1-12(2-4-14)18-23-15(10-26-18)9-21(19(24)25)16-6-11-5-13-7-17(21)20(13,16)8-11/h1-4,10-11,13,16-17H,5-9H2,(H,24,25). The van der Waals surface area contributed by atoms with Crippen molar-refractivity contribution in [2.45, 2.75) is 32.1 Å². The molecule has 5 heteroatoms. The highest BCUT2D eigenvalue weighted by Gasteiger charge is 2.85. The maximum absolute atomic E-state index is 13.1. The van der Waals surface area contributed by atoms with E-state index in [9.17, 15) is 14.3 Å². The Hall–Kier alpha value is -2.17. The number of rotatable bonds is 4. The Labute approximate surface area is 150 Å². The Morgan fingerprint density at radius 1 is 1.23 bits per heavy atom. The van der Waals surface area contributed by atoms with Gasteiger partial charge in [-0.25, -0.2) is 9.37 Å². The zero-order valence-corrected chi connectivity index (χ0v) is 14.3. The number of aliphatic carboxylic acids is 1. The SMILES string of the molecule is O=C(O)C1(Cc2coc(-c3ccc(F)cc3)n2)C2CC3CC4CC1C42C3. The molecule has 6 atom stereocenters. The van der Waals surface area contributed by atoms with Crippen molar-refractivity contribution in [1.29, 1.82) is 0 Å². The predicted molar refractivity (Wildman–Crippen MR) is 90.5 cm³/mol. The summed E-state index contributed by atoms with van der Waals surface area (Å²) >= 11 is 0. The Balaban J connectivity index is 1.32. The molecule has 4 saturated carbocycles. The van der Waals surface area contributed by atoms with Crippen LogP contribution in [0.1, 0.15) is 31.4 Å². The summed E-state index contributed by atoms with van der Waals surface area (Å²) in [5, 5.41) is 10.2. The van der Waals surface area contributed by atoms with Gasteiger partial charge in [0.2, 0.25) is 5.89 Å². The van der Waals surface area contributed by atoms with Crippen LogP contribution in [0.2, 0.25) is 0 Å². The minimum Gasteiger partial charge on any atom is -0.481 e. The number of halogens is 1. The van der Waals surface area contributed by atoms with E-state index in [1.54, 1.807) is 18.4 Å². The van der Waals surface area contributed by atoms with Gasteiger partial charge in [0.05, 0.1) is 11.1 Å². The van der Waals surface area contributed by atoms with Crippen LogP contribution in [0.15, 0.2) is 34.9 Å². The molecule has 1 heterocycles. The monoisotopic (exact) mass is 353 g/mol. The first-order chi connectivity index (χ1) is 12.5. The summed E-state index contributed by atoms with van der Waals surface area (Å²) in [6.45, 7) is 0. The van der Waals surface area contributed by atoms with Crippen LogP contribution < -0.4 is 0 Å². The van der Waals surface area contributed by atoms with Crippen molar-refractivity contribution in [3.8, 4) is 11.5 Å². The van der Waals surface area contributed by atoms with Crippen molar-refractivity contribution in [1.82, 2.24) is 4.98 Å². The number of hydrogen-bond acceptors (Lipinski definition) is 3. The lowest BCUT2D eigenvalue weighted by Gasteiger charge is -2.75. The van der Waals surface area contributed by atoms with Crippen LogP contribution in [0.4, 0.5) is 4.39 Å². The smallest absolute Gasteiger partial charge is 0.310 e. The quantitative estimate of drug-likeness (QED) is 0.896. The lowest BCUT2D eigenvalue weighted by atomic mass is 9.27. The van der Waals surface area contributed by atoms with Crippen molar-refractivity contribution in [2.75, 3.05) is 0 Å². The maximum atomic E-state index is 13.1. The van der Waals surface area contributed by atoms with E-state index in [1.165, 1.54) is 25.0 Å². The number of hydrogen-bond donors (Lipinski definition) is 1. The predicted octanol–water partition coefficient (Wildman–Crippen LogP) is 4.16. The molecule has 134 valence electrons. The van der Waals surface area contributed by atoms with Gasteiger partial charge in [-0.3, -0.25) is 4.79 Å². The van der Waals surface area contributed by atoms with Gasteiger partial charge in [-0.05, 0) is 79.0 Å². The molecule has 26 heavy (non-hydrogen) atoms. The van der Waals surface area contributed by atoms with Gasteiger partial charge < -0.3 is 9.52 Å². The van der Waals surface area contributed by atoms with Gasteiger partial charge in [0.15, 0.2) is 0 Å². The fourth-order valence-corrected chi connectivity index (χ4v) is 7.42. The average Bonchev–Trinajstić information content (AvgIpc) is 3.28. The normalized spacial score (nSPS) is 41.4. The van der Waals surface area contributed by atoms with Crippen LogP contribution in [0.25, 0.3) is 11.5 Å². The third-order valence-corrected chi connectivity index (χ3v) is 8.17. The van der Waals surface area contributed by atoms with Gasteiger partial charge in [-0.15, -0.1) is 0 Å². The van der Waals surface area contributed by atoms with Crippen molar-refractivity contribution < 1.29 is 18.7 Å². The minimum atomic E-state index is -0.664. The van der Waals surface area contributed by atoms with Crippen molar-refractivity contribution in [3.63, 3.8) is 0 Å². The summed E-state index contributed by atoms with van der Waals surface area (Å²) in [6, 6.07) is 6.00. The number of fused-ring (bicyclic) bond motifs is 1. The number of carboxylic acids is 1. The third kappa shape index (κ3) is 1.52. The van der Waals surface area contributed by atoms with Crippen LogP contribution in [0.5, 0.6) is 0 Å². The summed E-state index contributed by atoms with van der Waals surface area (Å²) in [6.07, 6.45) is 6.74. The molecule has 4 aliphatic rings. The highest BCUT2D eigenvalue weighted by atomic mass is 19.1. The molecule has 4 fully saturated rings. The summed E-state index contributed by atoms with van der Waals surface area (Å²) in [7, 11) is 0. The van der Waals surface area contributed by atoms with Gasteiger partial charge in [0.1, 0.15) is 12.1 Å². The molecule has 6 unspecified atom stereocenters. The van der Waals surface area contributed by atoms with E-state index in [0.29, 0.717) is 40.8 Å². The number of aromatic nitrogens is 1. The maximum Gasteiger partial charge on any atom is 0.310 e. The Bertz CT molecular complexity index is 922. The van der Waals surface area contributed by atoms with E-state index >= 15 is 0 Å². The molecule has 0 radical (unpaired) electrons. The molecule has 2 aromatic rings. The van der Waals surface area contributed by atoms with Gasteiger partial charge >= 0.3 is 5.97 Å². The second-order valence-corrected chi connectivity index (χ2v) is 8.86. The summed E-state index contributed by atoms with van der Waals surface area (Å²) in [4.78, 5) is 16.9. The molecule has 0 saturated heterocycles. The highest BCUT2D eigenvalue weighted by Crippen LogP contribution is 2.87. The second-order valence-electron chi connectivity index (χ2n) is 8.86. The molecular weight excluding hydrogens is 333 g/mol. The average molecular weight is 353 g/mol. The van der Waals surface area contributed by atoms with E-state index < -0.39 is 11.4 Å². The Morgan fingerprint density at radius 3 is 2.73 bits per heavy atom. The number of carboxylic acid groups (broad SMARTS) is 1. The zero-order valence-electron chi connectivity index (χ0n) is 14.3. The molecular formula is C21H20FNO3. The number of oxazole rings is 1. The molecule has 1 aromatic heterocycles.